The summed E-state index contributed by atoms with van der Waals surface area (Å²) in [6.45, 7) is 0. The van der Waals surface area contributed by atoms with Crippen LogP contribution < -0.4 is 5.73 Å². The van der Waals surface area contributed by atoms with Gasteiger partial charge in [0, 0.05) is 16.3 Å². The van der Waals surface area contributed by atoms with Gasteiger partial charge < -0.3 is 10.2 Å². The van der Waals surface area contributed by atoms with Crippen LogP contribution in [0.1, 0.15) is 5.56 Å². The largest absolute Gasteiger partial charge is 0.456 e. The maximum atomic E-state index is 7.42. The smallest absolute Gasteiger partial charge is 0.135 e. The summed E-state index contributed by atoms with van der Waals surface area (Å²) < 4.78 is 5.68. The minimum absolute atomic E-state index is 0.0761. The summed E-state index contributed by atoms with van der Waals surface area (Å²) >= 11 is 0. The molecule has 0 bridgehead atoms. The van der Waals surface area contributed by atoms with Crippen LogP contribution >= 0.6 is 0 Å². The number of fused-ring (bicyclic) bond motifs is 3. The zero-order valence-corrected chi connectivity index (χ0v) is 8.53. The third-order valence-electron chi connectivity index (χ3n) is 2.69. The van der Waals surface area contributed by atoms with Crippen LogP contribution in [-0.2, 0) is 0 Å². The Balaban J connectivity index is 2.44. The van der Waals surface area contributed by atoms with Crippen molar-refractivity contribution in [2.75, 3.05) is 0 Å². The van der Waals surface area contributed by atoms with Gasteiger partial charge in [0.05, 0.1) is 0 Å². The summed E-state index contributed by atoms with van der Waals surface area (Å²) in [6, 6.07) is 13.4. The van der Waals surface area contributed by atoms with Crippen molar-refractivity contribution in [3.05, 3.63) is 48.0 Å². The number of hydrogen-bond acceptors (Lipinski definition) is 2. The third-order valence-corrected chi connectivity index (χ3v) is 2.69. The van der Waals surface area contributed by atoms with Gasteiger partial charge in [0.25, 0.3) is 0 Å². The molecule has 0 amide bonds. The number of para-hydroxylation sites is 1. The molecular formula is C13H10N2O. The second kappa shape index (κ2) is 3.10. The van der Waals surface area contributed by atoms with Gasteiger partial charge >= 0.3 is 0 Å². The van der Waals surface area contributed by atoms with Gasteiger partial charge in [-0.05, 0) is 24.3 Å². The summed E-state index contributed by atoms with van der Waals surface area (Å²) in [6.07, 6.45) is 0. The molecule has 0 saturated heterocycles. The zero-order valence-electron chi connectivity index (χ0n) is 8.53. The van der Waals surface area contributed by atoms with E-state index in [0.717, 1.165) is 27.5 Å². The average molecular weight is 210 g/mol. The molecule has 0 atom stereocenters. The zero-order chi connectivity index (χ0) is 11.1. The van der Waals surface area contributed by atoms with Crippen LogP contribution in [0.2, 0.25) is 0 Å². The molecule has 3 N–H and O–H groups in total. The number of nitrogens with one attached hydrogen (secondary N) is 1. The van der Waals surface area contributed by atoms with E-state index < -0.39 is 0 Å². The lowest BCUT2D eigenvalue weighted by Crippen LogP contribution is -2.10. The molecule has 78 valence electrons. The minimum Gasteiger partial charge on any atom is -0.456 e. The lowest BCUT2D eigenvalue weighted by molar-refractivity contribution is 0.669. The molecule has 3 nitrogen and oxygen atoms in total. The summed E-state index contributed by atoms with van der Waals surface area (Å²) in [5.74, 6) is 0.0761. The summed E-state index contributed by atoms with van der Waals surface area (Å²) in [5.41, 5.74) is 7.88. The van der Waals surface area contributed by atoms with Crippen LogP contribution in [-0.4, -0.2) is 5.84 Å². The Kier molecular flexibility index (Phi) is 1.74. The van der Waals surface area contributed by atoms with Gasteiger partial charge in [0.2, 0.25) is 0 Å². The lowest BCUT2D eigenvalue weighted by atomic mass is 10.1. The van der Waals surface area contributed by atoms with Crippen molar-refractivity contribution >= 4 is 27.8 Å². The quantitative estimate of drug-likeness (QED) is 0.479. The van der Waals surface area contributed by atoms with E-state index in [2.05, 4.69) is 0 Å². The first-order valence-electron chi connectivity index (χ1n) is 5.01. The van der Waals surface area contributed by atoms with E-state index in [1.807, 2.05) is 36.4 Å². The first-order valence-corrected chi connectivity index (χ1v) is 5.01. The normalized spacial score (nSPS) is 11.0. The highest BCUT2D eigenvalue weighted by atomic mass is 16.3. The van der Waals surface area contributed by atoms with Crippen molar-refractivity contribution in [1.82, 2.24) is 0 Å². The van der Waals surface area contributed by atoms with E-state index in [4.69, 9.17) is 15.6 Å². The molecular weight excluding hydrogens is 200 g/mol. The second-order valence-electron chi connectivity index (χ2n) is 3.72. The number of hydrogen-bond donors (Lipinski definition) is 2. The molecule has 0 saturated carbocycles. The fourth-order valence-corrected chi connectivity index (χ4v) is 1.89. The molecule has 1 heterocycles. The van der Waals surface area contributed by atoms with Crippen molar-refractivity contribution < 1.29 is 4.42 Å². The SMILES string of the molecule is N=C(N)c1ccc2oc3ccccc3c2c1. The molecule has 1 aromatic heterocycles. The molecule has 0 fully saturated rings. The number of amidine groups is 1. The van der Waals surface area contributed by atoms with Gasteiger partial charge in [-0.25, -0.2) is 0 Å². The van der Waals surface area contributed by atoms with Gasteiger partial charge in [-0.15, -0.1) is 0 Å². The molecule has 0 radical (unpaired) electrons. The van der Waals surface area contributed by atoms with Crippen molar-refractivity contribution in [2.24, 2.45) is 5.73 Å². The van der Waals surface area contributed by atoms with Crippen molar-refractivity contribution in [1.29, 1.82) is 5.41 Å². The first-order chi connectivity index (χ1) is 7.75. The maximum Gasteiger partial charge on any atom is 0.135 e. The number of rotatable bonds is 1. The third kappa shape index (κ3) is 1.18. The van der Waals surface area contributed by atoms with E-state index in [1.54, 1.807) is 6.07 Å². The van der Waals surface area contributed by atoms with Crippen LogP contribution in [0.15, 0.2) is 46.9 Å². The highest BCUT2D eigenvalue weighted by Gasteiger charge is 2.07. The van der Waals surface area contributed by atoms with Crippen molar-refractivity contribution in [2.45, 2.75) is 0 Å². The summed E-state index contributed by atoms with van der Waals surface area (Å²) in [7, 11) is 0. The van der Waals surface area contributed by atoms with E-state index in [9.17, 15) is 0 Å². The van der Waals surface area contributed by atoms with Crippen LogP contribution in [0.4, 0.5) is 0 Å². The minimum atomic E-state index is 0.0761. The van der Waals surface area contributed by atoms with E-state index >= 15 is 0 Å². The molecule has 0 aliphatic carbocycles. The van der Waals surface area contributed by atoms with Gasteiger partial charge in [-0.1, -0.05) is 18.2 Å². The highest BCUT2D eigenvalue weighted by molar-refractivity contribution is 6.08. The van der Waals surface area contributed by atoms with Gasteiger partial charge in [0.1, 0.15) is 17.0 Å². The number of furan rings is 1. The van der Waals surface area contributed by atoms with Crippen molar-refractivity contribution in [3.8, 4) is 0 Å². The fraction of sp³-hybridized carbons (Fsp3) is 0. The molecule has 3 rings (SSSR count). The molecule has 0 spiro atoms. The van der Waals surface area contributed by atoms with Crippen molar-refractivity contribution in [3.63, 3.8) is 0 Å². The van der Waals surface area contributed by atoms with Crippen LogP contribution in [0.25, 0.3) is 21.9 Å². The predicted molar refractivity (Wildman–Crippen MR) is 64.7 cm³/mol. The molecule has 2 aromatic carbocycles. The first kappa shape index (κ1) is 8.97. The average Bonchev–Trinajstić information content (AvgIpc) is 2.66. The Bertz CT molecular complexity index is 697. The Morgan fingerprint density at radius 3 is 2.56 bits per heavy atom. The van der Waals surface area contributed by atoms with E-state index in [1.165, 1.54) is 0 Å². The lowest BCUT2D eigenvalue weighted by Gasteiger charge is -1.96. The number of benzene rings is 2. The Labute approximate surface area is 92.0 Å². The fourth-order valence-electron chi connectivity index (χ4n) is 1.89. The van der Waals surface area contributed by atoms with Crippen LogP contribution in [0, 0.1) is 5.41 Å². The molecule has 0 aliphatic heterocycles. The summed E-state index contributed by atoms with van der Waals surface area (Å²) in [4.78, 5) is 0. The number of nitrogen functional groups attached to an aromatic ring is 1. The standard InChI is InChI=1S/C13H10N2O/c14-13(15)8-5-6-12-10(7-8)9-3-1-2-4-11(9)16-12/h1-7H,(H3,14,15). The number of nitrogens with two attached hydrogens (primary N) is 1. The Morgan fingerprint density at radius 2 is 1.75 bits per heavy atom. The highest BCUT2D eigenvalue weighted by Crippen LogP contribution is 2.28. The molecule has 3 aromatic rings. The molecule has 0 unspecified atom stereocenters. The topological polar surface area (TPSA) is 63.0 Å². The van der Waals surface area contributed by atoms with Gasteiger partial charge in [-0.2, -0.15) is 0 Å². The Hall–Kier alpha value is -2.29. The monoisotopic (exact) mass is 210 g/mol. The molecule has 16 heavy (non-hydrogen) atoms. The molecule has 0 aliphatic rings. The summed E-state index contributed by atoms with van der Waals surface area (Å²) in [5, 5.41) is 9.48. The second-order valence-corrected chi connectivity index (χ2v) is 3.72. The maximum absolute atomic E-state index is 7.42. The molecule has 3 heteroatoms. The van der Waals surface area contributed by atoms with Gasteiger partial charge in [-0.3, -0.25) is 5.41 Å². The van der Waals surface area contributed by atoms with Crippen LogP contribution in [0.3, 0.4) is 0 Å². The Morgan fingerprint density at radius 1 is 1.00 bits per heavy atom. The van der Waals surface area contributed by atoms with Gasteiger partial charge in [0.15, 0.2) is 0 Å². The van der Waals surface area contributed by atoms with E-state index in [-0.39, 0.29) is 5.84 Å². The van der Waals surface area contributed by atoms with E-state index in [0.29, 0.717) is 0 Å². The van der Waals surface area contributed by atoms with Crippen LogP contribution in [0.5, 0.6) is 0 Å². The predicted octanol–water partition coefficient (Wildman–Crippen LogP) is 2.87.